The number of hydrogen-bond acceptors (Lipinski definition) is 3. The van der Waals surface area contributed by atoms with Crippen LogP contribution in [0, 0.1) is 0 Å². The van der Waals surface area contributed by atoms with E-state index in [1.807, 2.05) is 24.3 Å². The molecule has 1 unspecified atom stereocenters. The first-order valence-electron chi connectivity index (χ1n) is 5.65. The first-order valence-corrected chi connectivity index (χ1v) is 5.65. The predicted octanol–water partition coefficient (Wildman–Crippen LogP) is 2.43. The molecule has 0 aliphatic carbocycles. The number of hydrogen-bond donors (Lipinski definition) is 2. The number of benzene rings is 1. The largest absolute Gasteiger partial charge is 0.459 e. The average molecular weight is 218 g/mol. The molecule has 2 aromatic rings. The number of furan rings is 1. The van der Waals surface area contributed by atoms with Crippen LogP contribution in [-0.2, 0) is 0 Å². The van der Waals surface area contributed by atoms with E-state index in [1.165, 1.54) is 0 Å². The Morgan fingerprint density at radius 1 is 1.31 bits per heavy atom. The molecule has 3 heteroatoms. The minimum Gasteiger partial charge on any atom is -0.459 e. The van der Waals surface area contributed by atoms with Crippen molar-refractivity contribution < 1.29 is 4.42 Å². The molecule has 86 valence electrons. The van der Waals surface area contributed by atoms with E-state index >= 15 is 0 Å². The van der Waals surface area contributed by atoms with Gasteiger partial charge in [-0.1, -0.05) is 32.0 Å². The molecule has 0 saturated carbocycles. The number of fused-ring (bicyclic) bond motifs is 1. The summed E-state index contributed by atoms with van der Waals surface area (Å²) in [6, 6.07) is 10.5. The minimum absolute atomic E-state index is 0.0902. The van der Waals surface area contributed by atoms with Crippen molar-refractivity contribution in [2.45, 2.75) is 25.9 Å². The van der Waals surface area contributed by atoms with Crippen molar-refractivity contribution in [3.8, 4) is 0 Å². The number of nitrogens with two attached hydrogens (primary N) is 1. The third kappa shape index (κ3) is 2.26. The van der Waals surface area contributed by atoms with Crippen molar-refractivity contribution in [1.29, 1.82) is 0 Å². The molecule has 16 heavy (non-hydrogen) atoms. The van der Waals surface area contributed by atoms with E-state index < -0.39 is 0 Å². The van der Waals surface area contributed by atoms with Gasteiger partial charge in [0.25, 0.3) is 0 Å². The van der Waals surface area contributed by atoms with Gasteiger partial charge in [0.1, 0.15) is 11.3 Å². The molecule has 1 heterocycles. The normalized spacial score (nSPS) is 13.5. The second-order valence-electron chi connectivity index (χ2n) is 4.30. The fourth-order valence-electron chi connectivity index (χ4n) is 1.84. The van der Waals surface area contributed by atoms with Crippen molar-refractivity contribution >= 4 is 11.0 Å². The van der Waals surface area contributed by atoms with Gasteiger partial charge < -0.3 is 15.5 Å². The Morgan fingerprint density at radius 2 is 2.06 bits per heavy atom. The number of rotatable bonds is 4. The maximum absolute atomic E-state index is 5.78. The summed E-state index contributed by atoms with van der Waals surface area (Å²) in [5, 5.41) is 4.51. The SMILES string of the molecule is CC(C)NC(CN)c1cc2ccccc2o1. The van der Waals surface area contributed by atoms with Gasteiger partial charge >= 0.3 is 0 Å². The van der Waals surface area contributed by atoms with E-state index in [1.54, 1.807) is 0 Å². The fourth-order valence-corrected chi connectivity index (χ4v) is 1.84. The molecule has 0 aliphatic rings. The minimum atomic E-state index is 0.0902. The Morgan fingerprint density at radius 3 is 2.69 bits per heavy atom. The Hall–Kier alpha value is -1.32. The highest BCUT2D eigenvalue weighted by Gasteiger charge is 2.15. The van der Waals surface area contributed by atoms with E-state index in [-0.39, 0.29) is 6.04 Å². The lowest BCUT2D eigenvalue weighted by Gasteiger charge is -2.16. The topological polar surface area (TPSA) is 51.2 Å². The highest BCUT2D eigenvalue weighted by atomic mass is 16.3. The smallest absolute Gasteiger partial charge is 0.134 e. The Bertz CT molecular complexity index is 429. The van der Waals surface area contributed by atoms with Gasteiger partial charge in [0, 0.05) is 18.0 Å². The van der Waals surface area contributed by atoms with Crippen molar-refractivity contribution in [2.24, 2.45) is 5.73 Å². The fraction of sp³-hybridized carbons (Fsp3) is 0.385. The zero-order valence-electron chi connectivity index (χ0n) is 9.73. The predicted molar refractivity (Wildman–Crippen MR) is 66.3 cm³/mol. The molecule has 0 bridgehead atoms. The quantitative estimate of drug-likeness (QED) is 0.828. The summed E-state index contributed by atoms with van der Waals surface area (Å²) in [5.74, 6) is 0.914. The van der Waals surface area contributed by atoms with Gasteiger partial charge in [0.2, 0.25) is 0 Å². The molecule has 3 N–H and O–H groups in total. The van der Waals surface area contributed by atoms with Crippen molar-refractivity contribution in [3.63, 3.8) is 0 Å². The summed E-state index contributed by atoms with van der Waals surface area (Å²) >= 11 is 0. The first kappa shape index (κ1) is 11.2. The number of para-hydroxylation sites is 1. The lowest BCUT2D eigenvalue weighted by molar-refractivity contribution is 0.408. The number of nitrogens with one attached hydrogen (secondary N) is 1. The second-order valence-corrected chi connectivity index (χ2v) is 4.30. The van der Waals surface area contributed by atoms with Crippen LogP contribution in [0.15, 0.2) is 34.7 Å². The molecule has 1 aromatic carbocycles. The van der Waals surface area contributed by atoms with E-state index in [2.05, 4.69) is 25.2 Å². The van der Waals surface area contributed by atoms with Gasteiger partial charge in [0.15, 0.2) is 0 Å². The van der Waals surface area contributed by atoms with Crippen LogP contribution < -0.4 is 11.1 Å². The van der Waals surface area contributed by atoms with Crippen LogP contribution in [0.5, 0.6) is 0 Å². The van der Waals surface area contributed by atoms with E-state index in [0.29, 0.717) is 12.6 Å². The van der Waals surface area contributed by atoms with Crippen LogP contribution in [0.3, 0.4) is 0 Å². The monoisotopic (exact) mass is 218 g/mol. The van der Waals surface area contributed by atoms with Crippen LogP contribution in [0.2, 0.25) is 0 Å². The molecule has 0 radical (unpaired) electrons. The summed E-state index contributed by atoms with van der Waals surface area (Å²) in [6.07, 6.45) is 0. The molecular formula is C13H18N2O. The standard InChI is InChI=1S/C13H18N2O/c1-9(2)15-11(8-14)13-7-10-5-3-4-6-12(10)16-13/h3-7,9,11,15H,8,14H2,1-2H3. The van der Waals surface area contributed by atoms with Gasteiger partial charge in [-0.05, 0) is 12.1 Å². The van der Waals surface area contributed by atoms with E-state index in [0.717, 1.165) is 16.7 Å². The van der Waals surface area contributed by atoms with Crippen LogP contribution in [0.4, 0.5) is 0 Å². The molecule has 0 fully saturated rings. The summed E-state index contributed by atoms with van der Waals surface area (Å²) in [4.78, 5) is 0. The highest BCUT2D eigenvalue weighted by Crippen LogP contribution is 2.23. The first-order chi connectivity index (χ1) is 7.70. The zero-order valence-corrected chi connectivity index (χ0v) is 9.73. The molecule has 2 rings (SSSR count). The van der Waals surface area contributed by atoms with E-state index in [4.69, 9.17) is 10.2 Å². The summed E-state index contributed by atoms with van der Waals surface area (Å²) in [5.41, 5.74) is 6.67. The van der Waals surface area contributed by atoms with Crippen LogP contribution in [-0.4, -0.2) is 12.6 Å². The lowest BCUT2D eigenvalue weighted by Crippen LogP contribution is -2.32. The summed E-state index contributed by atoms with van der Waals surface area (Å²) in [6.45, 7) is 4.74. The third-order valence-electron chi connectivity index (χ3n) is 2.56. The Balaban J connectivity index is 2.30. The second kappa shape index (κ2) is 4.68. The maximum Gasteiger partial charge on any atom is 0.134 e. The van der Waals surface area contributed by atoms with Gasteiger partial charge in [-0.2, -0.15) is 0 Å². The zero-order chi connectivity index (χ0) is 11.5. The molecule has 0 spiro atoms. The van der Waals surface area contributed by atoms with Crippen LogP contribution >= 0.6 is 0 Å². The van der Waals surface area contributed by atoms with Crippen molar-refractivity contribution in [3.05, 3.63) is 36.1 Å². The Kier molecular flexibility index (Phi) is 3.27. The van der Waals surface area contributed by atoms with Gasteiger partial charge in [0.05, 0.1) is 6.04 Å². The molecule has 1 aromatic heterocycles. The molecule has 0 aliphatic heterocycles. The lowest BCUT2D eigenvalue weighted by atomic mass is 10.2. The van der Waals surface area contributed by atoms with Gasteiger partial charge in [-0.15, -0.1) is 0 Å². The summed E-state index contributed by atoms with van der Waals surface area (Å²) in [7, 11) is 0. The van der Waals surface area contributed by atoms with Crippen LogP contribution in [0.25, 0.3) is 11.0 Å². The van der Waals surface area contributed by atoms with Crippen molar-refractivity contribution in [2.75, 3.05) is 6.54 Å². The van der Waals surface area contributed by atoms with E-state index in [9.17, 15) is 0 Å². The summed E-state index contributed by atoms with van der Waals surface area (Å²) < 4.78 is 5.78. The molecular weight excluding hydrogens is 200 g/mol. The highest BCUT2D eigenvalue weighted by molar-refractivity contribution is 5.77. The van der Waals surface area contributed by atoms with Gasteiger partial charge in [-0.25, -0.2) is 0 Å². The molecule has 3 nitrogen and oxygen atoms in total. The maximum atomic E-state index is 5.78. The molecule has 0 amide bonds. The Labute approximate surface area is 95.6 Å². The third-order valence-corrected chi connectivity index (χ3v) is 2.56. The van der Waals surface area contributed by atoms with Crippen molar-refractivity contribution in [1.82, 2.24) is 5.32 Å². The molecule has 0 saturated heterocycles. The van der Waals surface area contributed by atoms with Crippen LogP contribution in [0.1, 0.15) is 25.6 Å². The molecule has 1 atom stereocenters. The average Bonchev–Trinajstić information content (AvgIpc) is 2.68. The van der Waals surface area contributed by atoms with Gasteiger partial charge in [-0.3, -0.25) is 0 Å².